The molecule has 0 aliphatic rings. The molecule has 11 nitrogen and oxygen atoms in total. The van der Waals surface area contributed by atoms with Gasteiger partial charge in [-0.15, -0.1) is 0 Å². The van der Waals surface area contributed by atoms with E-state index in [-0.39, 0.29) is 22.6 Å². The van der Waals surface area contributed by atoms with Gasteiger partial charge in [-0.1, -0.05) is 6.42 Å². The number of nitrogens with zero attached hydrogens (tertiary/aromatic N) is 3. The SMILES string of the molecule is O=C(NCCNc1ccc([N+](=O)[O-])c2nonc12)[C@H](CCCCNCl)NCl. The van der Waals surface area contributed by atoms with E-state index in [9.17, 15) is 14.9 Å². The number of aromatic nitrogens is 2. The lowest BCUT2D eigenvalue weighted by Gasteiger charge is -2.15. The van der Waals surface area contributed by atoms with Crippen molar-refractivity contribution < 1.29 is 14.3 Å². The van der Waals surface area contributed by atoms with Gasteiger partial charge in [0.1, 0.15) is 6.04 Å². The van der Waals surface area contributed by atoms with Crippen LogP contribution < -0.4 is 20.3 Å². The summed E-state index contributed by atoms with van der Waals surface area (Å²) in [6, 6.07) is 2.32. The first kappa shape index (κ1) is 21.1. The molecule has 0 saturated carbocycles. The zero-order chi connectivity index (χ0) is 19.6. The van der Waals surface area contributed by atoms with E-state index in [4.69, 9.17) is 23.6 Å². The van der Waals surface area contributed by atoms with E-state index >= 15 is 0 Å². The third kappa shape index (κ3) is 5.89. The summed E-state index contributed by atoms with van der Waals surface area (Å²) in [6.07, 6.45) is 2.19. The normalized spacial score (nSPS) is 12.1. The van der Waals surface area contributed by atoms with Crippen LogP contribution in [-0.4, -0.2) is 46.8 Å². The quantitative estimate of drug-likeness (QED) is 0.174. The molecule has 1 aromatic heterocycles. The maximum Gasteiger partial charge on any atom is 0.300 e. The van der Waals surface area contributed by atoms with Crippen molar-refractivity contribution in [2.24, 2.45) is 0 Å². The molecule has 1 amide bonds. The number of hydrogen-bond donors (Lipinski definition) is 4. The molecule has 1 heterocycles. The molecule has 1 atom stereocenters. The highest BCUT2D eigenvalue weighted by molar-refractivity contribution is 6.15. The molecular weight excluding hydrogens is 401 g/mol. The van der Waals surface area contributed by atoms with Gasteiger partial charge in [-0.2, -0.15) is 0 Å². The highest BCUT2D eigenvalue weighted by atomic mass is 35.5. The summed E-state index contributed by atoms with van der Waals surface area (Å²) in [5, 5.41) is 24.0. The number of fused-ring (bicyclic) bond motifs is 1. The number of nitrogens with one attached hydrogen (secondary N) is 4. The van der Waals surface area contributed by atoms with Crippen LogP contribution >= 0.6 is 23.6 Å². The smallest absolute Gasteiger partial charge is 0.300 e. The van der Waals surface area contributed by atoms with E-state index in [1.807, 2.05) is 0 Å². The summed E-state index contributed by atoms with van der Waals surface area (Å²) in [5.74, 6) is -0.220. The molecule has 2 aromatic rings. The van der Waals surface area contributed by atoms with E-state index < -0.39 is 11.0 Å². The number of hydrogen-bond acceptors (Lipinski definition) is 9. The van der Waals surface area contributed by atoms with Crippen molar-refractivity contribution in [1.29, 1.82) is 0 Å². The molecule has 0 radical (unpaired) electrons. The summed E-state index contributed by atoms with van der Waals surface area (Å²) >= 11 is 11.0. The van der Waals surface area contributed by atoms with Gasteiger partial charge in [-0.05, 0) is 52.8 Å². The minimum absolute atomic E-state index is 0.0619. The Morgan fingerprint density at radius 2 is 1.96 bits per heavy atom. The standard InChI is InChI=1S/C14H19Cl2N7O4/c15-19-6-2-1-3-10(20-16)14(24)18-8-7-17-9-4-5-11(23(25)26)13-12(9)21-27-22-13/h4-5,10,17,19-20H,1-3,6-8H2,(H,18,24)/t10-/m0/s1. The second-order valence-electron chi connectivity index (χ2n) is 5.61. The number of anilines is 1. The molecule has 0 fully saturated rings. The zero-order valence-corrected chi connectivity index (χ0v) is 15.7. The first-order valence-electron chi connectivity index (χ1n) is 8.19. The van der Waals surface area contributed by atoms with Crippen LogP contribution in [0.15, 0.2) is 16.8 Å². The number of carbonyl (C=O) groups is 1. The van der Waals surface area contributed by atoms with Crippen molar-refractivity contribution in [3.05, 3.63) is 22.2 Å². The number of unbranched alkanes of at least 4 members (excludes halogenated alkanes) is 1. The number of halogens is 2. The number of carbonyl (C=O) groups excluding carboxylic acids is 1. The van der Waals surface area contributed by atoms with Gasteiger partial charge in [0.2, 0.25) is 11.4 Å². The molecule has 0 aliphatic carbocycles. The van der Waals surface area contributed by atoms with Crippen molar-refractivity contribution >= 4 is 51.9 Å². The first-order valence-corrected chi connectivity index (χ1v) is 8.95. The van der Waals surface area contributed by atoms with E-state index in [0.717, 1.165) is 12.8 Å². The van der Waals surface area contributed by atoms with Crippen LogP contribution in [0.3, 0.4) is 0 Å². The van der Waals surface area contributed by atoms with Gasteiger partial charge >= 0.3 is 5.69 Å². The molecule has 2 rings (SSSR count). The Morgan fingerprint density at radius 3 is 2.67 bits per heavy atom. The number of non-ortho nitro benzene ring substituents is 1. The van der Waals surface area contributed by atoms with Crippen molar-refractivity contribution in [3.8, 4) is 0 Å². The zero-order valence-electron chi connectivity index (χ0n) is 14.2. The van der Waals surface area contributed by atoms with E-state index in [2.05, 4.69) is 35.2 Å². The fourth-order valence-electron chi connectivity index (χ4n) is 2.42. The maximum atomic E-state index is 12.1. The lowest BCUT2D eigenvalue weighted by Crippen LogP contribution is -2.42. The molecule has 1 aromatic carbocycles. The fraction of sp³-hybridized carbons (Fsp3) is 0.500. The molecule has 4 N–H and O–H groups in total. The number of nitro benzene ring substituents is 1. The molecule has 0 bridgehead atoms. The second-order valence-corrected chi connectivity index (χ2v) is 6.10. The summed E-state index contributed by atoms with van der Waals surface area (Å²) < 4.78 is 4.59. The summed E-state index contributed by atoms with van der Waals surface area (Å²) in [6.45, 7) is 1.35. The minimum Gasteiger partial charge on any atom is -0.381 e. The van der Waals surface area contributed by atoms with Crippen molar-refractivity contribution in [2.45, 2.75) is 25.3 Å². The van der Waals surface area contributed by atoms with Crippen LogP contribution in [0, 0.1) is 10.1 Å². The van der Waals surface area contributed by atoms with Crippen LogP contribution in [0.25, 0.3) is 11.0 Å². The predicted molar refractivity (Wildman–Crippen MR) is 100 cm³/mol. The Labute approximate surface area is 164 Å². The van der Waals surface area contributed by atoms with Crippen molar-refractivity contribution in [1.82, 2.24) is 25.3 Å². The average molecular weight is 420 g/mol. The summed E-state index contributed by atoms with van der Waals surface area (Å²) in [5.41, 5.74) is 0.646. The van der Waals surface area contributed by atoms with Gasteiger partial charge in [0.25, 0.3) is 0 Å². The van der Waals surface area contributed by atoms with Crippen LogP contribution in [0.5, 0.6) is 0 Å². The highest BCUT2D eigenvalue weighted by Gasteiger charge is 2.20. The topological polar surface area (TPSA) is 147 Å². The Balaban J connectivity index is 1.82. The molecule has 13 heteroatoms. The van der Waals surface area contributed by atoms with Gasteiger partial charge in [0.05, 0.1) is 10.6 Å². The lowest BCUT2D eigenvalue weighted by molar-refractivity contribution is -0.383. The minimum atomic E-state index is -0.557. The van der Waals surface area contributed by atoms with Gasteiger partial charge in [-0.25, -0.2) is 14.3 Å². The Morgan fingerprint density at radius 1 is 1.19 bits per heavy atom. The number of amides is 1. The van der Waals surface area contributed by atoms with Gasteiger partial charge in [-0.3, -0.25) is 14.9 Å². The van der Waals surface area contributed by atoms with E-state index in [1.165, 1.54) is 12.1 Å². The molecular formula is C14H19Cl2N7O4. The number of benzene rings is 1. The number of nitro groups is 1. The predicted octanol–water partition coefficient (Wildman–Crippen LogP) is 1.68. The monoisotopic (exact) mass is 419 g/mol. The van der Waals surface area contributed by atoms with E-state index in [1.54, 1.807) is 0 Å². The van der Waals surface area contributed by atoms with Crippen LogP contribution in [0.2, 0.25) is 0 Å². The fourth-order valence-corrected chi connectivity index (χ4v) is 2.77. The third-order valence-electron chi connectivity index (χ3n) is 3.79. The van der Waals surface area contributed by atoms with Gasteiger partial charge < -0.3 is 10.6 Å². The van der Waals surface area contributed by atoms with Crippen molar-refractivity contribution in [2.75, 3.05) is 25.0 Å². The highest BCUT2D eigenvalue weighted by Crippen LogP contribution is 2.28. The largest absolute Gasteiger partial charge is 0.381 e. The van der Waals surface area contributed by atoms with Gasteiger partial charge in [0, 0.05) is 25.7 Å². The molecule has 0 saturated heterocycles. The second kappa shape index (κ2) is 10.8. The molecule has 0 unspecified atom stereocenters. The summed E-state index contributed by atoms with van der Waals surface area (Å²) in [7, 11) is 0. The molecule has 27 heavy (non-hydrogen) atoms. The molecule has 0 aliphatic heterocycles. The average Bonchev–Trinajstić information content (AvgIpc) is 3.14. The molecule has 0 spiro atoms. The maximum absolute atomic E-state index is 12.1. The van der Waals surface area contributed by atoms with Crippen LogP contribution in [-0.2, 0) is 4.79 Å². The van der Waals surface area contributed by atoms with E-state index in [0.29, 0.717) is 31.7 Å². The molecule has 148 valence electrons. The lowest BCUT2D eigenvalue weighted by atomic mass is 10.1. The number of rotatable bonds is 12. The Bertz CT molecular complexity index is 773. The van der Waals surface area contributed by atoms with Crippen molar-refractivity contribution in [3.63, 3.8) is 0 Å². The van der Waals surface area contributed by atoms with Gasteiger partial charge in [0.15, 0.2) is 5.52 Å². The summed E-state index contributed by atoms with van der Waals surface area (Å²) in [4.78, 5) is 27.5. The van der Waals surface area contributed by atoms with Crippen LogP contribution in [0.4, 0.5) is 11.4 Å². The first-order chi connectivity index (χ1) is 13.1. The Hall–Kier alpha value is -2.21. The van der Waals surface area contributed by atoms with Crippen LogP contribution in [0.1, 0.15) is 19.3 Å². The Kier molecular flexibility index (Phi) is 8.45. The third-order valence-corrected chi connectivity index (χ3v) is 4.25.